The van der Waals surface area contributed by atoms with Crippen LogP contribution in [0.4, 0.5) is 4.39 Å². The van der Waals surface area contributed by atoms with E-state index in [-0.39, 0.29) is 17.8 Å². The van der Waals surface area contributed by atoms with Crippen molar-refractivity contribution in [1.82, 2.24) is 15.2 Å². The molecule has 2 saturated heterocycles. The van der Waals surface area contributed by atoms with Gasteiger partial charge in [-0.05, 0) is 49.9 Å². The zero-order valence-corrected chi connectivity index (χ0v) is 12.6. The van der Waals surface area contributed by atoms with Crippen molar-refractivity contribution >= 4 is 0 Å². The number of nitrogens with one attached hydrogen (secondary N) is 1. The molecule has 116 valence electrons. The minimum atomic E-state index is -0.374. The van der Waals surface area contributed by atoms with E-state index in [2.05, 4.69) is 22.1 Å². The predicted molar refractivity (Wildman–Crippen MR) is 79.9 cm³/mol. The normalized spacial score (nSPS) is 30.5. The highest BCUT2D eigenvalue weighted by Gasteiger charge is 2.33. The van der Waals surface area contributed by atoms with Crippen molar-refractivity contribution in [1.29, 1.82) is 0 Å². The van der Waals surface area contributed by atoms with Gasteiger partial charge in [-0.15, -0.1) is 0 Å². The van der Waals surface area contributed by atoms with Gasteiger partial charge in [-0.2, -0.15) is 0 Å². The number of piperidine rings is 1. The Morgan fingerprint density at radius 2 is 2.48 bits per heavy atom. The number of halogens is 1. The molecule has 2 aliphatic heterocycles. The summed E-state index contributed by atoms with van der Waals surface area (Å²) in [4.78, 5) is 6.45. The first-order valence-corrected chi connectivity index (χ1v) is 7.85. The number of aromatic nitrogens is 1. The summed E-state index contributed by atoms with van der Waals surface area (Å²) in [5.41, 5.74) is 0.359. The van der Waals surface area contributed by atoms with E-state index in [1.54, 1.807) is 12.3 Å². The molecule has 1 aromatic rings. The molecule has 3 heterocycles. The Morgan fingerprint density at radius 1 is 1.57 bits per heavy atom. The lowest BCUT2D eigenvalue weighted by Crippen LogP contribution is -2.46. The molecule has 0 radical (unpaired) electrons. The third-order valence-electron chi connectivity index (χ3n) is 4.53. The first kappa shape index (κ1) is 14.7. The van der Waals surface area contributed by atoms with Gasteiger partial charge in [0, 0.05) is 25.8 Å². The fourth-order valence-electron chi connectivity index (χ4n) is 3.41. The minimum Gasteiger partial charge on any atom is -0.471 e. The number of hydrogen-bond acceptors (Lipinski definition) is 4. The average molecular weight is 293 g/mol. The summed E-state index contributed by atoms with van der Waals surface area (Å²) in [7, 11) is 0. The Kier molecular flexibility index (Phi) is 4.40. The lowest BCUT2D eigenvalue weighted by Gasteiger charge is -2.37. The van der Waals surface area contributed by atoms with Crippen LogP contribution in [0.25, 0.3) is 0 Å². The van der Waals surface area contributed by atoms with E-state index >= 15 is 0 Å². The van der Waals surface area contributed by atoms with Gasteiger partial charge >= 0.3 is 0 Å². The maximum absolute atomic E-state index is 13.6. The van der Waals surface area contributed by atoms with Crippen LogP contribution in [-0.2, 0) is 0 Å². The van der Waals surface area contributed by atoms with Crippen LogP contribution in [0.3, 0.4) is 0 Å². The summed E-state index contributed by atoms with van der Waals surface area (Å²) < 4.78 is 19.4. The summed E-state index contributed by atoms with van der Waals surface area (Å²) in [5.74, 6) is -0.236. The molecule has 2 atom stereocenters. The minimum absolute atomic E-state index is 0.0427. The summed E-state index contributed by atoms with van der Waals surface area (Å²) in [6.07, 6.45) is 4.92. The van der Waals surface area contributed by atoms with Crippen LogP contribution in [0, 0.1) is 11.2 Å². The van der Waals surface area contributed by atoms with Crippen molar-refractivity contribution in [2.24, 2.45) is 5.41 Å². The van der Waals surface area contributed by atoms with E-state index in [9.17, 15) is 4.39 Å². The van der Waals surface area contributed by atoms with Gasteiger partial charge in [-0.1, -0.05) is 6.92 Å². The molecule has 0 bridgehead atoms. The Labute approximate surface area is 125 Å². The van der Waals surface area contributed by atoms with Gasteiger partial charge in [0.05, 0.1) is 0 Å². The summed E-state index contributed by atoms with van der Waals surface area (Å²) in [6, 6.07) is 2.98. The molecular weight excluding hydrogens is 269 g/mol. The summed E-state index contributed by atoms with van der Waals surface area (Å²) in [5, 5.41) is 3.44. The van der Waals surface area contributed by atoms with Crippen molar-refractivity contribution in [2.75, 3.05) is 32.7 Å². The molecule has 0 aromatic carbocycles. The van der Waals surface area contributed by atoms with Crippen LogP contribution in [0.15, 0.2) is 18.3 Å². The van der Waals surface area contributed by atoms with E-state index < -0.39 is 0 Å². The molecule has 2 aliphatic rings. The Morgan fingerprint density at radius 3 is 3.24 bits per heavy atom. The first-order valence-electron chi connectivity index (χ1n) is 7.85. The molecule has 3 rings (SSSR count). The zero-order chi connectivity index (χ0) is 14.7. The van der Waals surface area contributed by atoms with Crippen molar-refractivity contribution in [2.45, 2.75) is 32.3 Å². The van der Waals surface area contributed by atoms with Gasteiger partial charge in [0.1, 0.15) is 6.10 Å². The number of nitrogens with zero attached hydrogens (tertiary/aromatic N) is 2. The molecule has 0 spiro atoms. The van der Waals surface area contributed by atoms with Crippen LogP contribution in [-0.4, -0.2) is 48.7 Å². The molecule has 4 nitrogen and oxygen atoms in total. The molecule has 5 heteroatoms. The highest BCUT2D eigenvalue weighted by Crippen LogP contribution is 2.28. The monoisotopic (exact) mass is 293 g/mol. The summed E-state index contributed by atoms with van der Waals surface area (Å²) >= 11 is 0. The Balaban J connectivity index is 1.57. The third kappa shape index (κ3) is 3.71. The van der Waals surface area contributed by atoms with Crippen LogP contribution in [0.5, 0.6) is 5.88 Å². The molecule has 1 N–H and O–H groups in total. The first-order chi connectivity index (χ1) is 10.1. The highest BCUT2D eigenvalue weighted by atomic mass is 19.1. The maximum Gasteiger partial charge on any atom is 0.250 e. The van der Waals surface area contributed by atoms with Crippen molar-refractivity contribution < 1.29 is 9.13 Å². The predicted octanol–water partition coefficient (Wildman–Crippen LogP) is 2.06. The number of likely N-dealkylation sites (tertiary alicyclic amines) is 1. The number of pyridine rings is 1. The molecular formula is C16H24FN3O. The van der Waals surface area contributed by atoms with E-state index in [0.717, 1.165) is 45.6 Å². The van der Waals surface area contributed by atoms with Crippen LogP contribution in [0.1, 0.15) is 26.2 Å². The Bertz CT molecular complexity index is 476. The third-order valence-corrected chi connectivity index (χ3v) is 4.53. The number of ether oxygens (including phenoxy) is 1. The second kappa shape index (κ2) is 6.28. The van der Waals surface area contributed by atoms with Gasteiger partial charge in [0.2, 0.25) is 0 Å². The van der Waals surface area contributed by atoms with Crippen LogP contribution >= 0.6 is 0 Å². The molecule has 0 aliphatic carbocycles. The van der Waals surface area contributed by atoms with E-state index in [4.69, 9.17) is 4.74 Å². The molecule has 0 amide bonds. The fourth-order valence-corrected chi connectivity index (χ4v) is 3.41. The molecule has 1 aromatic heterocycles. The SMILES string of the molecule is CC1(CN2CCCC(Oc3ncccc3F)C2)CCNC1. The lowest BCUT2D eigenvalue weighted by molar-refractivity contribution is 0.0596. The number of hydrogen-bond donors (Lipinski definition) is 1. The molecule has 21 heavy (non-hydrogen) atoms. The van der Waals surface area contributed by atoms with Crippen LogP contribution in [0.2, 0.25) is 0 Å². The van der Waals surface area contributed by atoms with Crippen LogP contribution < -0.4 is 10.1 Å². The average Bonchev–Trinajstić information content (AvgIpc) is 2.88. The standard InChI is InChI=1S/C16H24FN3O/c1-16(6-8-18-11-16)12-20-9-3-4-13(10-20)21-15-14(17)5-2-7-19-15/h2,5,7,13,18H,3-4,6,8-12H2,1H3. The van der Waals surface area contributed by atoms with Gasteiger partial charge in [0.25, 0.3) is 5.88 Å². The number of rotatable bonds is 4. The van der Waals surface area contributed by atoms with Gasteiger partial charge in [-0.25, -0.2) is 9.37 Å². The highest BCUT2D eigenvalue weighted by molar-refractivity contribution is 5.13. The van der Waals surface area contributed by atoms with Crippen molar-refractivity contribution in [3.05, 3.63) is 24.1 Å². The van der Waals surface area contributed by atoms with Crippen molar-refractivity contribution in [3.63, 3.8) is 0 Å². The van der Waals surface area contributed by atoms with E-state index in [0.29, 0.717) is 5.41 Å². The van der Waals surface area contributed by atoms with Gasteiger partial charge in [0.15, 0.2) is 5.82 Å². The quantitative estimate of drug-likeness (QED) is 0.922. The largest absolute Gasteiger partial charge is 0.471 e. The Hall–Kier alpha value is -1.20. The smallest absolute Gasteiger partial charge is 0.250 e. The maximum atomic E-state index is 13.6. The van der Waals surface area contributed by atoms with Gasteiger partial charge in [-0.3, -0.25) is 4.90 Å². The molecule has 2 fully saturated rings. The lowest BCUT2D eigenvalue weighted by atomic mass is 9.88. The fraction of sp³-hybridized carbons (Fsp3) is 0.688. The zero-order valence-electron chi connectivity index (χ0n) is 12.6. The van der Waals surface area contributed by atoms with Crippen molar-refractivity contribution in [3.8, 4) is 5.88 Å². The van der Waals surface area contributed by atoms with Gasteiger partial charge < -0.3 is 10.1 Å². The second-order valence-corrected chi connectivity index (χ2v) is 6.65. The second-order valence-electron chi connectivity index (χ2n) is 6.65. The van der Waals surface area contributed by atoms with E-state index in [1.165, 1.54) is 12.5 Å². The van der Waals surface area contributed by atoms with E-state index in [1.807, 2.05) is 0 Å². The molecule has 0 saturated carbocycles. The topological polar surface area (TPSA) is 37.4 Å². The molecule has 2 unspecified atom stereocenters. The summed E-state index contributed by atoms with van der Waals surface area (Å²) in [6.45, 7) is 7.61.